The zero-order valence-corrected chi connectivity index (χ0v) is 17.6. The van der Waals surface area contributed by atoms with Crippen LogP contribution in [0, 0.1) is 5.82 Å². The molecule has 1 aromatic carbocycles. The summed E-state index contributed by atoms with van der Waals surface area (Å²) in [5.74, 6) is -0.711. The number of ether oxygens (including phenoxy) is 2. The van der Waals surface area contributed by atoms with Gasteiger partial charge in [0.1, 0.15) is 22.7 Å². The molecule has 3 heterocycles. The third kappa shape index (κ3) is 4.57. The quantitative estimate of drug-likeness (QED) is 0.561. The van der Waals surface area contributed by atoms with Crippen LogP contribution in [0.5, 0.6) is 11.5 Å². The van der Waals surface area contributed by atoms with Crippen LogP contribution in [0.15, 0.2) is 30.5 Å². The fourth-order valence-electron chi connectivity index (χ4n) is 3.96. The molecule has 0 spiro atoms. The first-order valence-electron chi connectivity index (χ1n) is 10.3. The number of hydrogen-bond donors (Lipinski definition) is 1. The minimum absolute atomic E-state index is 0.00264. The van der Waals surface area contributed by atoms with Crippen LogP contribution in [0.25, 0.3) is 16.8 Å². The van der Waals surface area contributed by atoms with Gasteiger partial charge in [-0.25, -0.2) is 4.39 Å². The van der Waals surface area contributed by atoms with Crippen LogP contribution in [0.4, 0.5) is 23.5 Å². The number of hydrogen-bond acceptors (Lipinski definition) is 6. The van der Waals surface area contributed by atoms with Gasteiger partial charge in [0.25, 0.3) is 0 Å². The van der Waals surface area contributed by atoms with Crippen molar-refractivity contribution in [2.45, 2.75) is 32.2 Å². The lowest BCUT2D eigenvalue weighted by Crippen LogP contribution is -2.42. The molecule has 4 rings (SSSR count). The van der Waals surface area contributed by atoms with Crippen molar-refractivity contribution in [3.8, 4) is 22.8 Å². The van der Waals surface area contributed by atoms with Gasteiger partial charge in [-0.2, -0.15) is 0 Å². The average molecular weight is 453 g/mol. The number of anilines is 1. The number of alkyl halides is 3. The molecule has 2 aromatic heterocycles. The van der Waals surface area contributed by atoms with Gasteiger partial charge in [0.05, 0.1) is 7.11 Å². The normalized spacial score (nSPS) is 17.5. The van der Waals surface area contributed by atoms with E-state index in [2.05, 4.69) is 32.1 Å². The molecule has 1 atom stereocenters. The average Bonchev–Trinajstić information content (AvgIpc) is 3.15. The largest absolute Gasteiger partial charge is 0.573 e. The number of methoxy groups -OCH3 is 1. The third-order valence-corrected chi connectivity index (χ3v) is 5.49. The van der Waals surface area contributed by atoms with Gasteiger partial charge in [0.15, 0.2) is 5.82 Å². The van der Waals surface area contributed by atoms with Crippen molar-refractivity contribution < 1.29 is 27.0 Å². The van der Waals surface area contributed by atoms with E-state index in [1.54, 1.807) is 0 Å². The molecule has 1 N–H and O–H groups in total. The van der Waals surface area contributed by atoms with Gasteiger partial charge >= 0.3 is 6.36 Å². The SMILES string of the molecule is CCN1CCC[C@@H](Nc2nnc(-c3ccc(OC)cc3OC(F)(F)F)c3c(F)ccn23)C1. The highest BCUT2D eigenvalue weighted by molar-refractivity contribution is 5.82. The molecule has 11 heteroatoms. The summed E-state index contributed by atoms with van der Waals surface area (Å²) < 4.78 is 64.4. The van der Waals surface area contributed by atoms with Gasteiger partial charge in [-0.05, 0) is 44.1 Å². The number of likely N-dealkylation sites (tertiary alicyclic amines) is 1. The predicted molar refractivity (Wildman–Crippen MR) is 110 cm³/mol. The molecule has 1 fully saturated rings. The van der Waals surface area contributed by atoms with Gasteiger partial charge in [0.2, 0.25) is 5.95 Å². The molecule has 0 unspecified atom stereocenters. The second kappa shape index (κ2) is 8.81. The standard InChI is InChI=1S/C21H23F4N5O2/c1-3-29-9-4-5-13(12-29)26-20-28-27-18(19-16(22)8-10-30(19)20)15-7-6-14(31-2)11-17(15)32-21(23,24)25/h6-8,10-11,13H,3-5,9,12H2,1-2H3,(H,26,28)/t13-/m1/s1. The monoisotopic (exact) mass is 453 g/mol. The van der Waals surface area contributed by atoms with E-state index in [9.17, 15) is 17.6 Å². The van der Waals surface area contributed by atoms with E-state index >= 15 is 0 Å². The van der Waals surface area contributed by atoms with E-state index in [1.165, 1.54) is 35.9 Å². The maximum absolute atomic E-state index is 14.8. The van der Waals surface area contributed by atoms with Crippen molar-refractivity contribution in [3.63, 3.8) is 0 Å². The molecule has 172 valence electrons. The molecule has 3 aromatic rings. The summed E-state index contributed by atoms with van der Waals surface area (Å²) in [4.78, 5) is 2.30. The summed E-state index contributed by atoms with van der Waals surface area (Å²) >= 11 is 0. The molecular weight excluding hydrogens is 430 g/mol. The Hall–Kier alpha value is -3.08. The van der Waals surface area contributed by atoms with Gasteiger partial charge in [-0.3, -0.25) is 4.40 Å². The van der Waals surface area contributed by atoms with Crippen LogP contribution in [0.1, 0.15) is 19.8 Å². The summed E-state index contributed by atoms with van der Waals surface area (Å²) in [6, 6.07) is 5.19. The van der Waals surface area contributed by atoms with E-state index in [4.69, 9.17) is 4.74 Å². The van der Waals surface area contributed by atoms with Crippen LogP contribution < -0.4 is 14.8 Å². The Bertz CT molecular complexity index is 1100. The van der Waals surface area contributed by atoms with Crippen molar-refractivity contribution in [2.24, 2.45) is 0 Å². The summed E-state index contributed by atoms with van der Waals surface area (Å²) in [7, 11) is 1.32. The van der Waals surface area contributed by atoms with Crippen molar-refractivity contribution in [2.75, 3.05) is 32.1 Å². The highest BCUT2D eigenvalue weighted by Crippen LogP contribution is 2.38. The van der Waals surface area contributed by atoms with Crippen LogP contribution in [-0.2, 0) is 0 Å². The number of aromatic nitrogens is 3. The Balaban J connectivity index is 1.76. The molecule has 0 amide bonds. The van der Waals surface area contributed by atoms with Crippen LogP contribution in [0.2, 0.25) is 0 Å². The zero-order valence-electron chi connectivity index (χ0n) is 17.6. The fraction of sp³-hybridized carbons (Fsp3) is 0.429. The van der Waals surface area contributed by atoms with Crippen LogP contribution in [0.3, 0.4) is 0 Å². The topological polar surface area (TPSA) is 63.9 Å². The molecule has 0 bridgehead atoms. The lowest BCUT2D eigenvalue weighted by Gasteiger charge is -2.32. The number of rotatable bonds is 6. The Labute approximate surface area is 181 Å². The molecule has 32 heavy (non-hydrogen) atoms. The van der Waals surface area contributed by atoms with Crippen LogP contribution >= 0.6 is 0 Å². The van der Waals surface area contributed by atoms with Crippen LogP contribution in [-0.4, -0.2) is 58.6 Å². The molecule has 0 radical (unpaired) electrons. The predicted octanol–water partition coefficient (Wildman–Crippen LogP) is 4.34. The Morgan fingerprint density at radius 2 is 2.03 bits per heavy atom. The smallest absolute Gasteiger partial charge is 0.497 e. The van der Waals surface area contributed by atoms with Gasteiger partial charge in [-0.15, -0.1) is 23.4 Å². The molecule has 1 saturated heterocycles. The maximum atomic E-state index is 14.8. The summed E-state index contributed by atoms with van der Waals surface area (Å²) in [5, 5.41) is 11.6. The Morgan fingerprint density at radius 3 is 2.75 bits per heavy atom. The summed E-state index contributed by atoms with van der Waals surface area (Å²) in [6.45, 7) is 4.85. The first kappa shape index (κ1) is 22.1. The maximum Gasteiger partial charge on any atom is 0.573 e. The highest BCUT2D eigenvalue weighted by atomic mass is 19.4. The first-order valence-corrected chi connectivity index (χ1v) is 10.3. The highest BCUT2D eigenvalue weighted by Gasteiger charge is 2.33. The second-order valence-electron chi connectivity index (χ2n) is 7.54. The number of likely N-dealkylation sites (N-methyl/N-ethyl adjacent to an activating group) is 1. The minimum Gasteiger partial charge on any atom is -0.497 e. The molecule has 1 aliphatic rings. The fourth-order valence-corrected chi connectivity index (χ4v) is 3.96. The van der Waals surface area contributed by atoms with Gasteiger partial charge in [-0.1, -0.05) is 6.92 Å². The van der Waals surface area contributed by atoms with E-state index < -0.39 is 17.9 Å². The summed E-state index contributed by atoms with van der Waals surface area (Å²) in [5.41, 5.74) is -0.124. The minimum atomic E-state index is -4.95. The first-order chi connectivity index (χ1) is 15.3. The van der Waals surface area contributed by atoms with Crippen molar-refractivity contribution >= 4 is 11.5 Å². The van der Waals surface area contributed by atoms with E-state index in [0.717, 1.165) is 38.5 Å². The van der Waals surface area contributed by atoms with Crippen molar-refractivity contribution in [1.29, 1.82) is 0 Å². The van der Waals surface area contributed by atoms with Crippen molar-refractivity contribution in [1.82, 2.24) is 19.5 Å². The number of nitrogens with one attached hydrogen (secondary N) is 1. The molecule has 0 saturated carbocycles. The number of benzene rings is 1. The zero-order chi connectivity index (χ0) is 22.9. The molecular formula is C21H23F4N5O2. The van der Waals surface area contributed by atoms with E-state index in [-0.39, 0.29) is 28.6 Å². The van der Waals surface area contributed by atoms with Gasteiger partial charge in [0, 0.05) is 30.4 Å². The van der Waals surface area contributed by atoms with E-state index in [1.807, 2.05) is 0 Å². The Kier molecular flexibility index (Phi) is 6.09. The molecule has 1 aliphatic heterocycles. The number of piperidine rings is 1. The third-order valence-electron chi connectivity index (χ3n) is 5.49. The second-order valence-corrected chi connectivity index (χ2v) is 7.54. The lowest BCUT2D eigenvalue weighted by atomic mass is 10.1. The summed E-state index contributed by atoms with van der Waals surface area (Å²) in [6.07, 6.45) is -1.53. The lowest BCUT2D eigenvalue weighted by molar-refractivity contribution is -0.274. The van der Waals surface area contributed by atoms with E-state index in [0.29, 0.717) is 5.95 Å². The number of nitrogens with zero attached hydrogens (tertiary/aromatic N) is 4. The van der Waals surface area contributed by atoms with Gasteiger partial charge < -0.3 is 19.7 Å². The molecule has 7 nitrogen and oxygen atoms in total. The number of halogens is 4. The molecule has 0 aliphatic carbocycles. The Morgan fingerprint density at radius 1 is 1.22 bits per heavy atom. The number of fused-ring (bicyclic) bond motifs is 1. The van der Waals surface area contributed by atoms with Crippen molar-refractivity contribution in [3.05, 3.63) is 36.3 Å².